The first kappa shape index (κ1) is 14.6. The monoisotopic (exact) mass is 292 g/mol. The molecule has 0 fully saturated rings. The maximum atomic E-state index is 13.5. The second-order valence-corrected chi connectivity index (χ2v) is 4.31. The van der Waals surface area contributed by atoms with Crippen LogP contribution in [0.3, 0.4) is 0 Å². The normalized spacial score (nSPS) is 10.2. The molecule has 0 aromatic heterocycles. The third kappa shape index (κ3) is 3.02. The van der Waals surface area contributed by atoms with Gasteiger partial charge in [0.2, 0.25) is 0 Å². The van der Waals surface area contributed by atoms with Gasteiger partial charge in [0.25, 0.3) is 11.6 Å². The van der Waals surface area contributed by atoms with Crippen LogP contribution >= 0.6 is 0 Å². The van der Waals surface area contributed by atoms with Gasteiger partial charge in [-0.1, -0.05) is 6.07 Å². The molecule has 2 rings (SSSR count). The van der Waals surface area contributed by atoms with Gasteiger partial charge < -0.3 is 5.32 Å². The number of carbonyl (C=O) groups is 1. The van der Waals surface area contributed by atoms with Crippen LogP contribution in [0, 0.1) is 28.7 Å². The lowest BCUT2D eigenvalue weighted by Gasteiger charge is -2.08. The molecule has 0 saturated heterocycles. The number of aryl methyl sites for hydroxylation is 1. The van der Waals surface area contributed by atoms with E-state index in [1.165, 1.54) is 25.1 Å². The minimum Gasteiger partial charge on any atom is -0.322 e. The first-order valence-electron chi connectivity index (χ1n) is 5.90. The maximum Gasteiger partial charge on any atom is 0.272 e. The van der Waals surface area contributed by atoms with E-state index in [4.69, 9.17) is 0 Å². The van der Waals surface area contributed by atoms with E-state index in [1.807, 2.05) is 0 Å². The molecule has 2 aromatic rings. The summed E-state index contributed by atoms with van der Waals surface area (Å²) in [5.41, 5.74) is -0.267. The van der Waals surface area contributed by atoms with Crippen LogP contribution in [-0.4, -0.2) is 10.8 Å². The molecule has 0 saturated carbocycles. The van der Waals surface area contributed by atoms with Gasteiger partial charge in [-0.05, 0) is 31.2 Å². The molecule has 0 aliphatic carbocycles. The van der Waals surface area contributed by atoms with Crippen molar-refractivity contribution in [3.8, 4) is 0 Å². The van der Waals surface area contributed by atoms with Crippen molar-refractivity contribution in [2.75, 3.05) is 5.32 Å². The van der Waals surface area contributed by atoms with Crippen LogP contribution in [0.25, 0.3) is 0 Å². The predicted octanol–water partition coefficient (Wildman–Crippen LogP) is 3.43. The van der Waals surface area contributed by atoms with E-state index in [-0.39, 0.29) is 11.4 Å². The average molecular weight is 292 g/mol. The highest BCUT2D eigenvalue weighted by Crippen LogP contribution is 2.22. The summed E-state index contributed by atoms with van der Waals surface area (Å²) in [7, 11) is 0. The van der Waals surface area contributed by atoms with Crippen molar-refractivity contribution >= 4 is 17.3 Å². The smallest absolute Gasteiger partial charge is 0.272 e. The fraction of sp³-hybridized carbons (Fsp3) is 0.0714. The van der Waals surface area contributed by atoms with Crippen LogP contribution < -0.4 is 5.32 Å². The number of rotatable bonds is 3. The highest BCUT2D eigenvalue weighted by atomic mass is 19.1. The number of benzene rings is 2. The highest BCUT2D eigenvalue weighted by molar-refractivity contribution is 6.04. The molecule has 0 atom stereocenters. The van der Waals surface area contributed by atoms with Gasteiger partial charge in [0.15, 0.2) is 0 Å². The molecule has 2 aromatic carbocycles. The molecule has 5 nitrogen and oxygen atoms in total. The number of amides is 1. The lowest BCUT2D eigenvalue weighted by atomic mass is 10.1. The van der Waals surface area contributed by atoms with Crippen molar-refractivity contribution in [3.05, 3.63) is 69.3 Å². The Balaban J connectivity index is 2.28. The van der Waals surface area contributed by atoms with E-state index < -0.39 is 28.0 Å². The van der Waals surface area contributed by atoms with Gasteiger partial charge in [0.1, 0.15) is 17.2 Å². The topological polar surface area (TPSA) is 72.2 Å². The van der Waals surface area contributed by atoms with Crippen molar-refractivity contribution in [1.29, 1.82) is 0 Å². The van der Waals surface area contributed by atoms with E-state index in [9.17, 15) is 23.7 Å². The Labute approximate surface area is 118 Å². The van der Waals surface area contributed by atoms with Crippen LogP contribution in [-0.2, 0) is 0 Å². The molecule has 0 bridgehead atoms. The first-order chi connectivity index (χ1) is 9.90. The van der Waals surface area contributed by atoms with E-state index in [0.29, 0.717) is 5.56 Å². The lowest BCUT2D eigenvalue weighted by Crippen LogP contribution is -2.16. The molecular weight excluding hydrogens is 282 g/mol. The number of carbonyl (C=O) groups excluding carboxylic acids is 1. The van der Waals surface area contributed by atoms with Crippen LogP contribution in [0.15, 0.2) is 36.4 Å². The second-order valence-electron chi connectivity index (χ2n) is 4.31. The minimum absolute atomic E-state index is 0.106. The van der Waals surface area contributed by atoms with Crippen molar-refractivity contribution < 1.29 is 18.5 Å². The molecule has 108 valence electrons. The Kier molecular flexibility index (Phi) is 3.93. The van der Waals surface area contributed by atoms with Gasteiger partial charge in [-0.3, -0.25) is 14.9 Å². The molecule has 7 heteroatoms. The number of halogens is 2. The predicted molar refractivity (Wildman–Crippen MR) is 72.1 cm³/mol. The van der Waals surface area contributed by atoms with E-state index in [2.05, 4.69) is 5.32 Å². The summed E-state index contributed by atoms with van der Waals surface area (Å²) in [6.45, 7) is 1.50. The van der Waals surface area contributed by atoms with Crippen LogP contribution in [0.5, 0.6) is 0 Å². The summed E-state index contributed by atoms with van der Waals surface area (Å²) < 4.78 is 26.9. The van der Waals surface area contributed by atoms with Crippen molar-refractivity contribution in [3.63, 3.8) is 0 Å². The zero-order valence-electron chi connectivity index (χ0n) is 10.9. The number of hydrogen-bond donors (Lipinski definition) is 1. The summed E-state index contributed by atoms with van der Waals surface area (Å²) in [6, 6.07) is 6.95. The fourth-order valence-electron chi connectivity index (χ4n) is 1.85. The zero-order chi connectivity index (χ0) is 15.6. The molecule has 1 N–H and O–H groups in total. The summed E-state index contributed by atoms with van der Waals surface area (Å²) in [5.74, 6) is -2.92. The molecule has 0 heterocycles. The van der Waals surface area contributed by atoms with Crippen molar-refractivity contribution in [2.24, 2.45) is 0 Å². The number of nitro groups is 1. The zero-order valence-corrected chi connectivity index (χ0v) is 10.9. The molecular formula is C14H10F2N2O3. The van der Waals surface area contributed by atoms with E-state index in [0.717, 1.165) is 18.2 Å². The highest BCUT2D eigenvalue weighted by Gasteiger charge is 2.18. The number of nitrogens with zero attached hydrogens (tertiary/aromatic N) is 1. The van der Waals surface area contributed by atoms with Gasteiger partial charge in [-0.2, -0.15) is 0 Å². The van der Waals surface area contributed by atoms with Crippen molar-refractivity contribution in [2.45, 2.75) is 6.92 Å². The van der Waals surface area contributed by atoms with Gasteiger partial charge in [-0.25, -0.2) is 8.78 Å². The molecule has 0 spiro atoms. The summed E-state index contributed by atoms with van der Waals surface area (Å²) in [5, 5.41) is 13.0. The average Bonchev–Trinajstić information content (AvgIpc) is 2.37. The van der Waals surface area contributed by atoms with Gasteiger partial charge in [0.05, 0.1) is 4.92 Å². The summed E-state index contributed by atoms with van der Waals surface area (Å²) in [6.07, 6.45) is 0. The second kappa shape index (κ2) is 5.66. The Hall–Kier alpha value is -2.83. The van der Waals surface area contributed by atoms with Crippen LogP contribution in [0.2, 0.25) is 0 Å². The number of nitro benzene ring substituents is 1. The largest absolute Gasteiger partial charge is 0.322 e. The van der Waals surface area contributed by atoms with Gasteiger partial charge in [-0.15, -0.1) is 0 Å². The van der Waals surface area contributed by atoms with Crippen LogP contribution in [0.1, 0.15) is 15.9 Å². The van der Waals surface area contributed by atoms with E-state index >= 15 is 0 Å². The first-order valence-corrected chi connectivity index (χ1v) is 5.90. The third-order valence-electron chi connectivity index (χ3n) is 2.84. The molecule has 21 heavy (non-hydrogen) atoms. The summed E-state index contributed by atoms with van der Waals surface area (Å²) >= 11 is 0. The number of anilines is 1. The molecule has 0 unspecified atom stereocenters. The number of hydrogen-bond acceptors (Lipinski definition) is 3. The van der Waals surface area contributed by atoms with Crippen LogP contribution in [0.4, 0.5) is 20.2 Å². The Bertz CT molecular complexity index is 712. The SMILES string of the molecule is Cc1cc(NC(=O)c2c(F)cccc2F)ccc1[N+](=O)[O-]. The fourth-order valence-corrected chi connectivity index (χ4v) is 1.85. The maximum absolute atomic E-state index is 13.5. The quantitative estimate of drug-likeness (QED) is 0.695. The lowest BCUT2D eigenvalue weighted by molar-refractivity contribution is -0.385. The molecule has 0 aliphatic heterocycles. The van der Waals surface area contributed by atoms with Gasteiger partial charge >= 0.3 is 0 Å². The molecule has 0 radical (unpaired) electrons. The number of nitrogens with one attached hydrogen (secondary N) is 1. The Morgan fingerprint density at radius 1 is 1.19 bits per heavy atom. The minimum atomic E-state index is -0.980. The van der Waals surface area contributed by atoms with Gasteiger partial charge in [0, 0.05) is 17.3 Å². The van der Waals surface area contributed by atoms with Crippen molar-refractivity contribution in [1.82, 2.24) is 0 Å². The summed E-state index contributed by atoms with van der Waals surface area (Å²) in [4.78, 5) is 22.0. The van der Waals surface area contributed by atoms with E-state index in [1.54, 1.807) is 0 Å². The Morgan fingerprint density at radius 2 is 1.81 bits per heavy atom. The Morgan fingerprint density at radius 3 is 2.33 bits per heavy atom. The molecule has 0 aliphatic rings. The molecule has 1 amide bonds. The standard InChI is InChI=1S/C14H10F2N2O3/c1-8-7-9(5-6-12(8)18(20)21)17-14(19)13-10(15)3-2-4-11(13)16/h2-7H,1H3,(H,17,19). The third-order valence-corrected chi connectivity index (χ3v) is 2.84.